The minimum absolute atomic E-state index is 0.0211. The van der Waals surface area contributed by atoms with E-state index in [1.807, 2.05) is 36.6 Å². The van der Waals surface area contributed by atoms with Crippen molar-refractivity contribution in [3.05, 3.63) is 92.5 Å². The number of thiophene rings is 1. The molecule has 2 aromatic heterocycles. The Morgan fingerprint density at radius 1 is 1.18 bits per heavy atom. The van der Waals surface area contributed by atoms with Gasteiger partial charge in [0.25, 0.3) is 5.91 Å². The van der Waals surface area contributed by atoms with Gasteiger partial charge in [0, 0.05) is 27.0 Å². The molecule has 0 saturated carbocycles. The summed E-state index contributed by atoms with van der Waals surface area (Å²) in [5.74, 6) is -1.45. The monoisotopic (exact) mass is 479 g/mol. The van der Waals surface area contributed by atoms with Gasteiger partial charge in [-0.1, -0.05) is 35.4 Å². The van der Waals surface area contributed by atoms with Crippen molar-refractivity contribution in [2.24, 2.45) is 0 Å². The SMILES string of the molecule is COc1cc(Cl)cc2cc(C(=O)C3=C(O)C(=O)N(c4ccc(C)cc4)C3c3cccs3)oc12. The fraction of sp³-hybridized carbons (Fsp3) is 0.120. The average molecular weight is 480 g/mol. The van der Waals surface area contributed by atoms with Gasteiger partial charge in [0.15, 0.2) is 22.9 Å². The van der Waals surface area contributed by atoms with Crippen LogP contribution in [0, 0.1) is 6.92 Å². The zero-order valence-corrected chi connectivity index (χ0v) is 19.2. The highest BCUT2D eigenvalue weighted by molar-refractivity contribution is 7.10. The number of rotatable bonds is 5. The van der Waals surface area contributed by atoms with Crippen molar-refractivity contribution in [3.8, 4) is 5.75 Å². The molecule has 6 nitrogen and oxygen atoms in total. The molecule has 0 aliphatic carbocycles. The van der Waals surface area contributed by atoms with Crippen LogP contribution in [0.5, 0.6) is 5.75 Å². The molecule has 0 bridgehead atoms. The standard InChI is InChI=1S/C25H18ClNO5S/c1-13-5-7-16(8-6-13)27-21(19-4-3-9-33-19)20(23(29)25(27)30)22(28)17-11-14-10-15(26)12-18(31-2)24(14)32-17/h3-12,21,29H,1-2H3. The molecule has 166 valence electrons. The summed E-state index contributed by atoms with van der Waals surface area (Å²) >= 11 is 7.54. The number of hydrogen-bond acceptors (Lipinski definition) is 6. The molecule has 2 aromatic carbocycles. The predicted molar refractivity (Wildman–Crippen MR) is 127 cm³/mol. The van der Waals surface area contributed by atoms with E-state index < -0.39 is 23.5 Å². The van der Waals surface area contributed by atoms with Crippen molar-refractivity contribution in [3.63, 3.8) is 0 Å². The van der Waals surface area contributed by atoms with Crippen LogP contribution in [0.2, 0.25) is 5.02 Å². The van der Waals surface area contributed by atoms with Crippen LogP contribution in [0.15, 0.2) is 75.7 Å². The molecular weight excluding hydrogens is 462 g/mol. The van der Waals surface area contributed by atoms with E-state index in [-0.39, 0.29) is 11.3 Å². The molecule has 0 spiro atoms. The predicted octanol–water partition coefficient (Wildman–Crippen LogP) is 6.25. The van der Waals surface area contributed by atoms with Crippen molar-refractivity contribution in [1.82, 2.24) is 0 Å². The number of amides is 1. The summed E-state index contributed by atoms with van der Waals surface area (Å²) in [6.45, 7) is 1.94. The largest absolute Gasteiger partial charge is 0.503 e. The molecule has 3 heterocycles. The van der Waals surface area contributed by atoms with Gasteiger partial charge in [-0.2, -0.15) is 0 Å². The summed E-state index contributed by atoms with van der Waals surface area (Å²) in [6.07, 6.45) is 0. The van der Waals surface area contributed by atoms with E-state index in [9.17, 15) is 14.7 Å². The lowest BCUT2D eigenvalue weighted by Crippen LogP contribution is -2.30. The van der Waals surface area contributed by atoms with Crippen molar-refractivity contribution in [2.45, 2.75) is 13.0 Å². The van der Waals surface area contributed by atoms with Crippen LogP contribution in [0.1, 0.15) is 27.0 Å². The highest BCUT2D eigenvalue weighted by Crippen LogP contribution is 2.44. The van der Waals surface area contributed by atoms with E-state index in [4.69, 9.17) is 20.8 Å². The topological polar surface area (TPSA) is 80.0 Å². The number of nitrogens with zero attached hydrogens (tertiary/aromatic N) is 1. The molecule has 1 atom stereocenters. The summed E-state index contributed by atoms with van der Waals surface area (Å²) < 4.78 is 11.1. The van der Waals surface area contributed by atoms with E-state index in [0.717, 1.165) is 10.4 Å². The van der Waals surface area contributed by atoms with Crippen LogP contribution in [0.25, 0.3) is 11.0 Å². The highest BCUT2D eigenvalue weighted by Gasteiger charge is 2.45. The molecule has 1 unspecified atom stereocenters. The molecule has 1 aliphatic heterocycles. The quantitative estimate of drug-likeness (QED) is 0.342. The second-order valence-electron chi connectivity index (χ2n) is 7.66. The molecule has 33 heavy (non-hydrogen) atoms. The van der Waals surface area contributed by atoms with Gasteiger partial charge < -0.3 is 14.3 Å². The Morgan fingerprint density at radius 2 is 1.94 bits per heavy atom. The molecular formula is C25H18ClNO5S. The van der Waals surface area contributed by atoms with Gasteiger partial charge in [0.05, 0.1) is 12.7 Å². The van der Waals surface area contributed by atoms with Gasteiger partial charge in [0.2, 0.25) is 5.78 Å². The zero-order valence-electron chi connectivity index (χ0n) is 17.7. The van der Waals surface area contributed by atoms with Crippen molar-refractivity contribution in [2.75, 3.05) is 12.0 Å². The van der Waals surface area contributed by atoms with Crippen LogP contribution in [0.3, 0.4) is 0 Å². The van der Waals surface area contributed by atoms with Crippen molar-refractivity contribution >= 4 is 51.3 Å². The van der Waals surface area contributed by atoms with Crippen LogP contribution in [0.4, 0.5) is 5.69 Å². The van der Waals surface area contributed by atoms with E-state index in [1.165, 1.54) is 29.4 Å². The van der Waals surface area contributed by atoms with Crippen molar-refractivity contribution < 1.29 is 23.8 Å². The Kier molecular flexibility index (Phi) is 5.23. The number of anilines is 1. The first kappa shape index (κ1) is 21.3. The summed E-state index contributed by atoms with van der Waals surface area (Å²) in [5, 5.41) is 13.7. The Balaban J connectivity index is 1.64. The highest BCUT2D eigenvalue weighted by atomic mass is 35.5. The zero-order chi connectivity index (χ0) is 23.3. The number of aliphatic hydroxyl groups excluding tert-OH is 1. The Labute approximate surface area is 198 Å². The lowest BCUT2D eigenvalue weighted by atomic mass is 10.00. The van der Waals surface area contributed by atoms with E-state index in [1.54, 1.807) is 24.3 Å². The first-order valence-electron chi connectivity index (χ1n) is 10.1. The molecule has 1 N–H and O–H groups in total. The molecule has 1 amide bonds. The molecule has 5 rings (SSSR count). The normalized spacial score (nSPS) is 16.2. The smallest absolute Gasteiger partial charge is 0.294 e. The molecule has 0 fully saturated rings. The number of benzene rings is 2. The lowest BCUT2D eigenvalue weighted by molar-refractivity contribution is -0.117. The Morgan fingerprint density at radius 3 is 2.61 bits per heavy atom. The van der Waals surface area contributed by atoms with Crippen LogP contribution >= 0.6 is 22.9 Å². The number of carbonyl (C=O) groups is 2. The number of ether oxygens (including phenoxy) is 1. The number of aliphatic hydroxyl groups is 1. The number of hydrogen-bond donors (Lipinski definition) is 1. The first-order valence-corrected chi connectivity index (χ1v) is 11.3. The van der Waals surface area contributed by atoms with E-state index in [2.05, 4.69) is 0 Å². The molecule has 4 aromatic rings. The molecule has 0 saturated heterocycles. The third-order valence-corrected chi connectivity index (χ3v) is 6.71. The summed E-state index contributed by atoms with van der Waals surface area (Å²) in [4.78, 5) is 29.0. The number of ketones is 1. The lowest BCUT2D eigenvalue weighted by Gasteiger charge is -2.25. The number of carbonyl (C=O) groups excluding carboxylic acids is 2. The minimum atomic E-state index is -0.786. The number of halogens is 1. The number of furan rings is 1. The number of Topliss-reactive ketones (excluding diaryl/α,β-unsaturated/α-hetero) is 1. The molecule has 1 aliphatic rings. The maximum absolute atomic E-state index is 13.6. The van der Waals surface area contributed by atoms with Gasteiger partial charge in [-0.05, 0) is 42.6 Å². The fourth-order valence-corrected chi connectivity index (χ4v) is 5.05. The molecule has 0 radical (unpaired) electrons. The number of fused-ring (bicyclic) bond motifs is 1. The third-order valence-electron chi connectivity index (χ3n) is 5.57. The van der Waals surface area contributed by atoms with E-state index in [0.29, 0.717) is 27.4 Å². The summed E-state index contributed by atoms with van der Waals surface area (Å²) in [6, 6.07) is 15.0. The third kappa shape index (κ3) is 3.50. The van der Waals surface area contributed by atoms with Crippen LogP contribution in [-0.2, 0) is 4.79 Å². The van der Waals surface area contributed by atoms with Gasteiger partial charge in [0.1, 0.15) is 6.04 Å². The second kappa shape index (κ2) is 8.10. The fourth-order valence-electron chi connectivity index (χ4n) is 4.01. The Bertz CT molecular complexity index is 1420. The van der Waals surface area contributed by atoms with Gasteiger partial charge in [-0.3, -0.25) is 14.5 Å². The Hall–Kier alpha value is -3.55. The van der Waals surface area contributed by atoms with Gasteiger partial charge >= 0.3 is 0 Å². The van der Waals surface area contributed by atoms with Gasteiger partial charge in [-0.15, -0.1) is 11.3 Å². The number of methoxy groups -OCH3 is 1. The summed E-state index contributed by atoms with van der Waals surface area (Å²) in [7, 11) is 1.48. The van der Waals surface area contributed by atoms with Crippen LogP contribution in [-0.4, -0.2) is 23.9 Å². The maximum Gasteiger partial charge on any atom is 0.294 e. The number of aryl methyl sites for hydroxylation is 1. The average Bonchev–Trinajstić information content (AvgIpc) is 3.53. The van der Waals surface area contributed by atoms with Crippen molar-refractivity contribution in [1.29, 1.82) is 0 Å². The minimum Gasteiger partial charge on any atom is -0.503 e. The first-order chi connectivity index (χ1) is 15.9. The second-order valence-corrected chi connectivity index (χ2v) is 9.07. The van der Waals surface area contributed by atoms with Gasteiger partial charge in [-0.25, -0.2) is 0 Å². The maximum atomic E-state index is 13.6. The van der Waals surface area contributed by atoms with Crippen LogP contribution < -0.4 is 9.64 Å². The summed E-state index contributed by atoms with van der Waals surface area (Å²) in [5.41, 5.74) is 1.93. The molecule has 8 heteroatoms. The van der Waals surface area contributed by atoms with E-state index >= 15 is 0 Å².